The number of hydrogen-bond acceptors (Lipinski definition) is 2. The van der Waals surface area contributed by atoms with E-state index in [0.29, 0.717) is 32.5 Å². The van der Waals surface area contributed by atoms with Gasteiger partial charge in [0.05, 0.1) is 0 Å². The molecule has 1 aromatic rings. The molecule has 2 rings (SSSR count). The van der Waals surface area contributed by atoms with Crippen molar-refractivity contribution in [3.05, 3.63) is 35.4 Å². The minimum absolute atomic E-state index is 0.159. The van der Waals surface area contributed by atoms with Crippen LogP contribution in [0.15, 0.2) is 24.3 Å². The second-order valence-corrected chi connectivity index (χ2v) is 6.00. The first-order chi connectivity index (χ1) is 10.6. The fourth-order valence-corrected chi connectivity index (χ4v) is 2.79. The summed E-state index contributed by atoms with van der Waals surface area (Å²) in [5.41, 5.74) is 2.43. The highest BCUT2D eigenvalue weighted by molar-refractivity contribution is 5.80. The number of aryl methyl sites for hydroxylation is 2. The number of amides is 2. The van der Waals surface area contributed by atoms with Crippen LogP contribution in [0.4, 0.5) is 0 Å². The van der Waals surface area contributed by atoms with Crippen molar-refractivity contribution in [1.29, 1.82) is 0 Å². The zero-order valence-electron chi connectivity index (χ0n) is 13.7. The number of hydrogen-bond donors (Lipinski definition) is 0. The lowest BCUT2D eigenvalue weighted by Crippen LogP contribution is -2.36. The molecular formula is C18H26N2O2. The third-order valence-electron chi connectivity index (χ3n) is 4.18. The molecule has 2 amide bonds. The molecule has 0 atom stereocenters. The number of benzene rings is 1. The number of carbonyl (C=O) groups excluding carboxylic acids is 2. The Morgan fingerprint density at radius 1 is 1.14 bits per heavy atom. The normalized spacial score (nSPS) is 15.8. The molecule has 0 saturated carbocycles. The standard InChI is InChI=1S/C18H26N2O2/c1-3-11-19-13-14-20(12-10-18(19)22)17(21)9-8-16-6-4-15(2)5-7-16/h4-7H,3,8-14H2,1-2H3. The number of nitrogens with zero attached hydrogens (tertiary/aromatic N) is 2. The van der Waals surface area contributed by atoms with Gasteiger partial charge in [-0.05, 0) is 25.3 Å². The van der Waals surface area contributed by atoms with Crippen molar-refractivity contribution >= 4 is 11.8 Å². The van der Waals surface area contributed by atoms with E-state index in [1.165, 1.54) is 11.1 Å². The summed E-state index contributed by atoms with van der Waals surface area (Å²) in [6.07, 6.45) is 2.71. The number of rotatable bonds is 5. The molecule has 0 unspecified atom stereocenters. The molecule has 120 valence electrons. The third kappa shape index (κ3) is 4.58. The Morgan fingerprint density at radius 3 is 2.55 bits per heavy atom. The van der Waals surface area contributed by atoms with Crippen LogP contribution in [0.3, 0.4) is 0 Å². The van der Waals surface area contributed by atoms with Crippen LogP contribution in [0.2, 0.25) is 0 Å². The van der Waals surface area contributed by atoms with Crippen molar-refractivity contribution in [3.8, 4) is 0 Å². The Labute approximate surface area is 133 Å². The highest BCUT2D eigenvalue weighted by Crippen LogP contribution is 2.10. The minimum atomic E-state index is 0.159. The van der Waals surface area contributed by atoms with Crippen LogP contribution in [0.25, 0.3) is 0 Å². The summed E-state index contributed by atoms with van der Waals surface area (Å²) >= 11 is 0. The van der Waals surface area contributed by atoms with Gasteiger partial charge in [-0.1, -0.05) is 36.8 Å². The summed E-state index contributed by atoms with van der Waals surface area (Å²) in [5.74, 6) is 0.336. The monoisotopic (exact) mass is 302 g/mol. The lowest BCUT2D eigenvalue weighted by molar-refractivity contribution is -0.131. The summed E-state index contributed by atoms with van der Waals surface area (Å²) in [4.78, 5) is 28.1. The first-order valence-corrected chi connectivity index (χ1v) is 8.21. The van der Waals surface area contributed by atoms with Crippen molar-refractivity contribution < 1.29 is 9.59 Å². The molecule has 0 radical (unpaired) electrons. The first kappa shape index (κ1) is 16.5. The lowest BCUT2D eigenvalue weighted by atomic mass is 10.1. The minimum Gasteiger partial charge on any atom is -0.341 e. The molecule has 1 aliphatic heterocycles. The van der Waals surface area contributed by atoms with Crippen LogP contribution < -0.4 is 0 Å². The zero-order valence-corrected chi connectivity index (χ0v) is 13.7. The van der Waals surface area contributed by atoms with Gasteiger partial charge < -0.3 is 9.80 Å². The van der Waals surface area contributed by atoms with Gasteiger partial charge in [-0.3, -0.25) is 9.59 Å². The van der Waals surface area contributed by atoms with Gasteiger partial charge in [-0.2, -0.15) is 0 Å². The molecule has 1 saturated heterocycles. The van der Waals surface area contributed by atoms with E-state index in [1.54, 1.807) is 0 Å². The maximum Gasteiger partial charge on any atom is 0.224 e. The molecule has 4 heteroatoms. The fraction of sp³-hybridized carbons (Fsp3) is 0.556. The Bertz CT molecular complexity index is 510. The van der Waals surface area contributed by atoms with Crippen molar-refractivity contribution in [1.82, 2.24) is 9.80 Å². The molecular weight excluding hydrogens is 276 g/mol. The second kappa shape index (κ2) is 7.97. The SMILES string of the molecule is CCCN1CCN(C(=O)CCc2ccc(C)cc2)CCC1=O. The van der Waals surface area contributed by atoms with E-state index in [-0.39, 0.29) is 11.8 Å². The van der Waals surface area contributed by atoms with E-state index in [9.17, 15) is 9.59 Å². The Morgan fingerprint density at radius 2 is 1.86 bits per heavy atom. The van der Waals surface area contributed by atoms with Crippen molar-refractivity contribution in [2.45, 2.75) is 39.5 Å². The Kier molecular flexibility index (Phi) is 5.99. The third-order valence-corrected chi connectivity index (χ3v) is 4.18. The second-order valence-electron chi connectivity index (χ2n) is 6.00. The zero-order chi connectivity index (χ0) is 15.9. The van der Waals surface area contributed by atoms with Gasteiger partial charge >= 0.3 is 0 Å². The summed E-state index contributed by atoms with van der Waals surface area (Å²) in [6.45, 7) is 6.82. The molecule has 1 aliphatic rings. The molecule has 1 heterocycles. The van der Waals surface area contributed by atoms with E-state index < -0.39 is 0 Å². The maximum atomic E-state index is 12.4. The molecule has 0 spiro atoms. The maximum absolute atomic E-state index is 12.4. The van der Waals surface area contributed by atoms with Gasteiger partial charge in [-0.25, -0.2) is 0 Å². The molecule has 4 nitrogen and oxygen atoms in total. The summed E-state index contributed by atoms with van der Waals surface area (Å²) in [5, 5.41) is 0. The molecule has 0 aliphatic carbocycles. The molecule has 22 heavy (non-hydrogen) atoms. The van der Waals surface area contributed by atoms with Crippen LogP contribution in [0.1, 0.15) is 37.3 Å². The van der Waals surface area contributed by atoms with Gasteiger partial charge in [0.1, 0.15) is 0 Å². The van der Waals surface area contributed by atoms with Crippen LogP contribution in [-0.2, 0) is 16.0 Å². The van der Waals surface area contributed by atoms with Gasteiger partial charge in [0.25, 0.3) is 0 Å². The van der Waals surface area contributed by atoms with Crippen LogP contribution >= 0.6 is 0 Å². The Hall–Kier alpha value is -1.84. The predicted octanol–water partition coefficient (Wildman–Crippen LogP) is 2.40. The van der Waals surface area contributed by atoms with Gasteiger partial charge in [0.15, 0.2) is 0 Å². The van der Waals surface area contributed by atoms with Crippen molar-refractivity contribution in [2.75, 3.05) is 26.2 Å². The molecule has 1 aromatic carbocycles. The highest BCUT2D eigenvalue weighted by atomic mass is 16.2. The van der Waals surface area contributed by atoms with Crippen molar-refractivity contribution in [3.63, 3.8) is 0 Å². The van der Waals surface area contributed by atoms with Crippen LogP contribution in [-0.4, -0.2) is 47.8 Å². The predicted molar refractivity (Wildman–Crippen MR) is 87.6 cm³/mol. The molecule has 1 fully saturated rings. The highest BCUT2D eigenvalue weighted by Gasteiger charge is 2.22. The molecule has 0 bridgehead atoms. The van der Waals surface area contributed by atoms with E-state index >= 15 is 0 Å². The average molecular weight is 302 g/mol. The van der Waals surface area contributed by atoms with Gasteiger partial charge in [-0.15, -0.1) is 0 Å². The lowest BCUT2D eigenvalue weighted by Gasteiger charge is -2.22. The largest absolute Gasteiger partial charge is 0.341 e. The van der Waals surface area contributed by atoms with Crippen LogP contribution in [0, 0.1) is 6.92 Å². The Balaban J connectivity index is 1.84. The van der Waals surface area contributed by atoms with E-state index in [4.69, 9.17) is 0 Å². The van der Waals surface area contributed by atoms with Crippen molar-refractivity contribution in [2.24, 2.45) is 0 Å². The molecule has 0 aromatic heterocycles. The quantitative estimate of drug-likeness (QED) is 0.838. The van der Waals surface area contributed by atoms with E-state index in [1.807, 2.05) is 9.80 Å². The first-order valence-electron chi connectivity index (χ1n) is 8.21. The van der Waals surface area contributed by atoms with Gasteiger partial charge in [0.2, 0.25) is 11.8 Å². The average Bonchev–Trinajstić information content (AvgIpc) is 2.70. The van der Waals surface area contributed by atoms with E-state index in [2.05, 4.69) is 38.1 Å². The summed E-state index contributed by atoms with van der Waals surface area (Å²) < 4.78 is 0. The smallest absolute Gasteiger partial charge is 0.224 e. The van der Waals surface area contributed by atoms with E-state index in [0.717, 1.165) is 19.4 Å². The van der Waals surface area contributed by atoms with Crippen LogP contribution in [0.5, 0.6) is 0 Å². The fourth-order valence-electron chi connectivity index (χ4n) is 2.79. The number of carbonyl (C=O) groups is 2. The molecule has 0 N–H and O–H groups in total. The topological polar surface area (TPSA) is 40.6 Å². The van der Waals surface area contributed by atoms with Gasteiger partial charge in [0, 0.05) is 39.0 Å². The summed E-state index contributed by atoms with van der Waals surface area (Å²) in [7, 11) is 0. The summed E-state index contributed by atoms with van der Waals surface area (Å²) in [6, 6.07) is 8.31.